The molecule has 1 saturated heterocycles. The van der Waals surface area contributed by atoms with E-state index in [1.54, 1.807) is 27.5 Å². The lowest BCUT2D eigenvalue weighted by atomic mass is 10.1. The van der Waals surface area contributed by atoms with Gasteiger partial charge in [-0.25, -0.2) is 0 Å². The van der Waals surface area contributed by atoms with Gasteiger partial charge in [0, 0.05) is 24.9 Å². The molecule has 0 bridgehead atoms. The number of carbonyl (C=O) groups excluding carboxylic acids is 2. The fourth-order valence-electron chi connectivity index (χ4n) is 3.15. The monoisotopic (exact) mass is 322 g/mol. The normalized spacial score (nSPS) is 22.2. The van der Waals surface area contributed by atoms with E-state index in [2.05, 4.69) is 10.4 Å². The summed E-state index contributed by atoms with van der Waals surface area (Å²) in [6.07, 6.45) is 5.93. The molecule has 1 saturated carbocycles. The van der Waals surface area contributed by atoms with Crippen molar-refractivity contribution in [3.05, 3.63) is 18.0 Å². The average molecular weight is 322 g/mol. The van der Waals surface area contributed by atoms with Gasteiger partial charge in [0.05, 0.1) is 18.1 Å². The van der Waals surface area contributed by atoms with Crippen LogP contribution in [0.1, 0.15) is 31.4 Å². The van der Waals surface area contributed by atoms with E-state index in [1.165, 1.54) is 0 Å². The molecular weight excluding hydrogens is 300 g/mol. The van der Waals surface area contributed by atoms with Crippen LogP contribution in [0.15, 0.2) is 12.3 Å². The Labute approximate surface area is 134 Å². The topological polar surface area (TPSA) is 67.2 Å². The zero-order valence-corrected chi connectivity index (χ0v) is 13.6. The van der Waals surface area contributed by atoms with Gasteiger partial charge in [0.1, 0.15) is 6.04 Å². The maximum Gasteiger partial charge on any atom is 0.244 e. The Morgan fingerprint density at radius 2 is 2.18 bits per heavy atom. The molecule has 0 aromatic carbocycles. The molecule has 1 aromatic heterocycles. The van der Waals surface area contributed by atoms with Crippen molar-refractivity contribution in [1.29, 1.82) is 0 Å². The summed E-state index contributed by atoms with van der Waals surface area (Å²) in [4.78, 5) is 26.8. The molecule has 1 aromatic rings. The molecule has 6 nitrogen and oxygen atoms in total. The summed E-state index contributed by atoms with van der Waals surface area (Å²) < 4.78 is 1.74. The van der Waals surface area contributed by atoms with Gasteiger partial charge in [-0.05, 0) is 18.9 Å². The van der Waals surface area contributed by atoms with Crippen LogP contribution in [0.2, 0.25) is 0 Å². The molecule has 120 valence electrons. The number of aromatic nitrogens is 2. The molecule has 0 radical (unpaired) electrons. The lowest BCUT2D eigenvalue weighted by Gasteiger charge is -2.25. The number of thioether (sulfide) groups is 1. The summed E-state index contributed by atoms with van der Waals surface area (Å²) >= 11 is 1.66. The third-order valence-electron chi connectivity index (χ3n) is 4.54. The van der Waals surface area contributed by atoms with Crippen molar-refractivity contribution in [1.82, 2.24) is 20.0 Å². The first-order chi connectivity index (χ1) is 10.7. The molecule has 2 amide bonds. The smallest absolute Gasteiger partial charge is 0.244 e. The number of nitrogens with zero attached hydrogens (tertiary/aromatic N) is 3. The highest BCUT2D eigenvalue weighted by atomic mass is 32.2. The molecule has 3 rings (SSSR count). The van der Waals surface area contributed by atoms with Gasteiger partial charge in [-0.2, -0.15) is 5.10 Å². The molecule has 0 spiro atoms. The first kappa shape index (κ1) is 15.4. The first-order valence-electron chi connectivity index (χ1n) is 7.79. The van der Waals surface area contributed by atoms with E-state index >= 15 is 0 Å². The second-order valence-electron chi connectivity index (χ2n) is 5.97. The molecule has 0 unspecified atom stereocenters. The lowest BCUT2D eigenvalue weighted by molar-refractivity contribution is -0.141. The van der Waals surface area contributed by atoms with Gasteiger partial charge < -0.3 is 10.2 Å². The number of amides is 2. The fourth-order valence-corrected chi connectivity index (χ4v) is 4.32. The van der Waals surface area contributed by atoms with Crippen molar-refractivity contribution < 1.29 is 9.59 Å². The summed E-state index contributed by atoms with van der Waals surface area (Å²) in [5.41, 5.74) is 0.952. The number of nitrogens with one attached hydrogen (secondary N) is 1. The molecule has 1 atom stereocenters. The number of aryl methyl sites for hydroxylation is 1. The highest BCUT2D eigenvalue weighted by Crippen LogP contribution is 2.30. The molecule has 22 heavy (non-hydrogen) atoms. The molecular formula is C15H22N4O2S. The zero-order chi connectivity index (χ0) is 15.5. The molecule has 1 aliphatic carbocycles. The third kappa shape index (κ3) is 3.14. The van der Waals surface area contributed by atoms with Crippen LogP contribution >= 0.6 is 11.8 Å². The Bertz CT molecular complexity index is 553. The Balaban J connectivity index is 1.58. The van der Waals surface area contributed by atoms with E-state index in [4.69, 9.17) is 0 Å². The summed E-state index contributed by atoms with van der Waals surface area (Å²) in [7, 11) is 1.85. The van der Waals surface area contributed by atoms with Crippen LogP contribution in [0, 0.1) is 5.92 Å². The van der Waals surface area contributed by atoms with Gasteiger partial charge in [-0.1, -0.05) is 12.8 Å². The highest BCUT2D eigenvalue weighted by Gasteiger charge is 2.38. The molecule has 2 aliphatic rings. The largest absolute Gasteiger partial charge is 0.349 e. The maximum atomic E-state index is 12.6. The number of hydrogen-bond donors (Lipinski definition) is 1. The van der Waals surface area contributed by atoms with Gasteiger partial charge in [-0.15, -0.1) is 11.8 Å². The fraction of sp³-hybridized carbons (Fsp3) is 0.667. The Morgan fingerprint density at radius 3 is 2.86 bits per heavy atom. The van der Waals surface area contributed by atoms with Crippen LogP contribution in [0.25, 0.3) is 0 Å². The van der Waals surface area contributed by atoms with Gasteiger partial charge in [0.25, 0.3) is 0 Å². The van der Waals surface area contributed by atoms with E-state index in [9.17, 15) is 9.59 Å². The summed E-state index contributed by atoms with van der Waals surface area (Å²) in [6, 6.07) is 1.55. The Kier molecular flexibility index (Phi) is 4.71. The zero-order valence-electron chi connectivity index (χ0n) is 12.8. The minimum Gasteiger partial charge on any atom is -0.349 e. The Morgan fingerprint density at radius 1 is 1.41 bits per heavy atom. The minimum atomic E-state index is -0.327. The quantitative estimate of drug-likeness (QED) is 0.902. The molecule has 1 N–H and O–H groups in total. The van der Waals surface area contributed by atoms with E-state index in [0.717, 1.165) is 31.4 Å². The molecule has 7 heteroatoms. The SMILES string of the molecule is Cn1nccc1CNC(=O)[C@@H]1CSCN1C(=O)C1CCCC1. The van der Waals surface area contributed by atoms with E-state index in [-0.39, 0.29) is 23.8 Å². The first-order valence-corrected chi connectivity index (χ1v) is 8.95. The third-order valence-corrected chi connectivity index (χ3v) is 5.55. The minimum absolute atomic E-state index is 0.0578. The molecule has 2 heterocycles. The highest BCUT2D eigenvalue weighted by molar-refractivity contribution is 7.99. The standard InChI is InChI=1S/C15H22N4O2S/c1-18-12(6-7-17-18)8-16-14(20)13-9-22-10-19(13)15(21)11-4-2-3-5-11/h6-7,11,13H,2-5,8-10H2,1H3,(H,16,20)/t13-/m0/s1. The number of carbonyl (C=O) groups is 2. The summed E-state index contributed by atoms with van der Waals surface area (Å²) in [5, 5.41) is 7.02. The second kappa shape index (κ2) is 6.73. The van der Waals surface area contributed by atoms with E-state index in [0.29, 0.717) is 18.2 Å². The van der Waals surface area contributed by atoms with Crippen molar-refractivity contribution in [3.63, 3.8) is 0 Å². The van der Waals surface area contributed by atoms with Crippen molar-refractivity contribution in [2.45, 2.75) is 38.3 Å². The van der Waals surface area contributed by atoms with Gasteiger partial charge in [-0.3, -0.25) is 14.3 Å². The van der Waals surface area contributed by atoms with E-state index in [1.807, 2.05) is 13.1 Å². The van der Waals surface area contributed by atoms with Crippen LogP contribution in [0.3, 0.4) is 0 Å². The van der Waals surface area contributed by atoms with Crippen LogP contribution in [0.4, 0.5) is 0 Å². The van der Waals surface area contributed by atoms with E-state index < -0.39 is 0 Å². The van der Waals surface area contributed by atoms with Gasteiger partial charge in [0.15, 0.2) is 0 Å². The second-order valence-corrected chi connectivity index (χ2v) is 6.97. The summed E-state index contributed by atoms with van der Waals surface area (Å²) in [5.74, 6) is 1.57. The van der Waals surface area contributed by atoms with Gasteiger partial charge in [0.2, 0.25) is 11.8 Å². The maximum absolute atomic E-state index is 12.6. The molecule has 2 fully saturated rings. The van der Waals surface area contributed by atoms with Crippen molar-refractivity contribution in [2.75, 3.05) is 11.6 Å². The lowest BCUT2D eigenvalue weighted by Crippen LogP contribution is -2.48. The van der Waals surface area contributed by atoms with Crippen LogP contribution in [0.5, 0.6) is 0 Å². The number of rotatable bonds is 4. The Hall–Kier alpha value is -1.50. The van der Waals surface area contributed by atoms with Crippen LogP contribution in [-0.2, 0) is 23.2 Å². The predicted octanol–water partition coefficient (Wildman–Crippen LogP) is 1.13. The van der Waals surface area contributed by atoms with Crippen LogP contribution in [-0.4, -0.2) is 44.2 Å². The van der Waals surface area contributed by atoms with Crippen LogP contribution < -0.4 is 5.32 Å². The average Bonchev–Trinajstić information content (AvgIpc) is 3.25. The van der Waals surface area contributed by atoms with Gasteiger partial charge >= 0.3 is 0 Å². The van der Waals surface area contributed by atoms with Crippen molar-refractivity contribution in [3.8, 4) is 0 Å². The molecule has 1 aliphatic heterocycles. The van der Waals surface area contributed by atoms with Crippen molar-refractivity contribution >= 4 is 23.6 Å². The number of hydrogen-bond acceptors (Lipinski definition) is 4. The summed E-state index contributed by atoms with van der Waals surface area (Å²) in [6.45, 7) is 0.446. The predicted molar refractivity (Wildman–Crippen MR) is 85.0 cm³/mol. The van der Waals surface area contributed by atoms with Crippen molar-refractivity contribution in [2.24, 2.45) is 13.0 Å².